The summed E-state index contributed by atoms with van der Waals surface area (Å²) in [5, 5.41) is 11.6. The molecule has 0 aliphatic rings. The molecule has 0 aliphatic heterocycles. The second-order valence-corrected chi connectivity index (χ2v) is 3.86. The minimum Gasteiger partial charge on any atom is -0.477 e. The molecule has 19 heavy (non-hydrogen) atoms. The van der Waals surface area contributed by atoms with Gasteiger partial charge in [0.1, 0.15) is 0 Å². The fourth-order valence-electron chi connectivity index (χ4n) is 1.58. The maximum absolute atomic E-state index is 11.8. The summed E-state index contributed by atoms with van der Waals surface area (Å²) >= 11 is 0. The molecule has 1 amide bonds. The van der Waals surface area contributed by atoms with Crippen molar-refractivity contribution in [1.82, 2.24) is 9.88 Å². The van der Waals surface area contributed by atoms with E-state index in [2.05, 4.69) is 10.3 Å². The van der Waals surface area contributed by atoms with Gasteiger partial charge < -0.3 is 21.1 Å². The highest BCUT2D eigenvalue weighted by molar-refractivity contribution is 5.87. The lowest BCUT2D eigenvalue weighted by atomic mass is 10.3. The van der Waals surface area contributed by atoms with Crippen LogP contribution < -0.4 is 11.1 Å². The van der Waals surface area contributed by atoms with Gasteiger partial charge in [0, 0.05) is 13.1 Å². The second kappa shape index (κ2) is 6.58. The quantitative estimate of drug-likeness (QED) is 0.697. The number of aromatic nitrogens is 1. The Bertz CT molecular complexity index is 472. The van der Waals surface area contributed by atoms with Crippen LogP contribution in [0.2, 0.25) is 0 Å². The molecule has 4 N–H and O–H groups in total. The van der Waals surface area contributed by atoms with Gasteiger partial charge >= 0.3 is 5.97 Å². The Morgan fingerprint density at radius 2 is 2.00 bits per heavy atom. The Morgan fingerprint density at radius 1 is 1.37 bits per heavy atom. The number of aromatic carboxylic acids is 1. The number of nitrogens with one attached hydrogen (secondary N) is 1. The number of pyridine rings is 1. The number of amides is 1. The summed E-state index contributed by atoms with van der Waals surface area (Å²) < 4.78 is 0. The monoisotopic (exact) mass is 266 g/mol. The van der Waals surface area contributed by atoms with Crippen molar-refractivity contribution in [2.45, 2.75) is 13.8 Å². The average molecular weight is 266 g/mol. The highest BCUT2D eigenvalue weighted by atomic mass is 16.4. The molecule has 7 heteroatoms. The molecule has 1 heterocycles. The maximum Gasteiger partial charge on any atom is 0.354 e. The third-order valence-electron chi connectivity index (χ3n) is 2.67. The van der Waals surface area contributed by atoms with Gasteiger partial charge in [-0.2, -0.15) is 0 Å². The van der Waals surface area contributed by atoms with Crippen molar-refractivity contribution in [1.29, 1.82) is 0 Å². The van der Waals surface area contributed by atoms with Crippen LogP contribution in [0.4, 0.5) is 11.5 Å². The average Bonchev–Trinajstić information content (AvgIpc) is 2.38. The molecule has 0 aromatic carbocycles. The van der Waals surface area contributed by atoms with Crippen LogP contribution in [0.25, 0.3) is 0 Å². The van der Waals surface area contributed by atoms with E-state index in [0.717, 1.165) is 0 Å². The minimum absolute atomic E-state index is 0.0297. The number of carbonyl (C=O) groups is 2. The molecular weight excluding hydrogens is 248 g/mol. The van der Waals surface area contributed by atoms with Gasteiger partial charge in [-0.15, -0.1) is 0 Å². The molecule has 0 spiro atoms. The first-order chi connectivity index (χ1) is 8.99. The molecule has 0 radical (unpaired) electrons. The summed E-state index contributed by atoms with van der Waals surface area (Å²) in [5.41, 5.74) is 5.86. The van der Waals surface area contributed by atoms with Crippen LogP contribution >= 0.6 is 0 Å². The number of likely N-dealkylation sites (N-methyl/N-ethyl adjacent to an activating group) is 1. The number of hydrogen-bond acceptors (Lipinski definition) is 5. The van der Waals surface area contributed by atoms with E-state index in [-0.39, 0.29) is 24.0 Å². The highest BCUT2D eigenvalue weighted by Gasteiger charge is 2.12. The molecule has 0 fully saturated rings. The Hall–Kier alpha value is -2.31. The van der Waals surface area contributed by atoms with Gasteiger partial charge in [-0.1, -0.05) is 0 Å². The van der Waals surface area contributed by atoms with Crippen molar-refractivity contribution in [2.75, 3.05) is 30.7 Å². The van der Waals surface area contributed by atoms with Crippen LogP contribution in [-0.4, -0.2) is 46.5 Å². The lowest BCUT2D eigenvalue weighted by Crippen LogP contribution is -2.35. The van der Waals surface area contributed by atoms with Crippen LogP contribution in [0.1, 0.15) is 24.3 Å². The fraction of sp³-hybridized carbons (Fsp3) is 0.417. The minimum atomic E-state index is -1.14. The predicted molar refractivity (Wildman–Crippen MR) is 72.0 cm³/mol. The van der Waals surface area contributed by atoms with Crippen molar-refractivity contribution in [3.8, 4) is 0 Å². The van der Waals surface area contributed by atoms with Gasteiger partial charge in [-0.25, -0.2) is 9.78 Å². The molecule has 0 aliphatic carbocycles. The molecular formula is C12H18N4O3. The predicted octanol–water partition coefficient (Wildman–Crippen LogP) is 0.642. The zero-order chi connectivity index (χ0) is 14.4. The summed E-state index contributed by atoms with van der Waals surface area (Å²) in [6.45, 7) is 5.05. The van der Waals surface area contributed by atoms with Gasteiger partial charge in [0.25, 0.3) is 0 Å². The molecule has 0 unspecified atom stereocenters. The number of carboxylic acid groups (broad SMARTS) is 1. The maximum atomic E-state index is 11.8. The van der Waals surface area contributed by atoms with E-state index in [9.17, 15) is 9.59 Å². The molecule has 0 atom stereocenters. The van der Waals surface area contributed by atoms with Crippen molar-refractivity contribution in [3.63, 3.8) is 0 Å². The largest absolute Gasteiger partial charge is 0.477 e. The first-order valence-electron chi connectivity index (χ1n) is 6.01. The van der Waals surface area contributed by atoms with E-state index in [1.807, 2.05) is 13.8 Å². The Morgan fingerprint density at radius 3 is 2.53 bits per heavy atom. The van der Waals surface area contributed by atoms with Crippen molar-refractivity contribution >= 4 is 23.4 Å². The zero-order valence-corrected chi connectivity index (χ0v) is 11.0. The number of rotatable bonds is 6. The molecule has 1 rings (SSSR count). The number of nitrogens with two attached hydrogens (primary N) is 1. The number of nitrogen functional groups attached to an aromatic ring is 1. The highest BCUT2D eigenvalue weighted by Crippen LogP contribution is 2.15. The number of nitrogens with zero attached hydrogens (tertiary/aromatic N) is 2. The van der Waals surface area contributed by atoms with E-state index in [1.54, 1.807) is 4.90 Å². The second-order valence-electron chi connectivity index (χ2n) is 3.86. The molecule has 1 aromatic rings. The number of carbonyl (C=O) groups excluding carboxylic acids is 1. The molecule has 0 bridgehead atoms. The zero-order valence-electron chi connectivity index (χ0n) is 11.0. The summed E-state index contributed by atoms with van der Waals surface area (Å²) in [5.74, 6) is -1.02. The topological polar surface area (TPSA) is 109 Å². The van der Waals surface area contributed by atoms with Gasteiger partial charge in [-0.05, 0) is 26.0 Å². The van der Waals surface area contributed by atoms with Crippen LogP contribution in [0, 0.1) is 0 Å². The molecule has 0 saturated carbocycles. The van der Waals surface area contributed by atoms with Crippen molar-refractivity contribution in [2.24, 2.45) is 0 Å². The standard InChI is InChI=1S/C12H18N4O3/c1-3-16(4-2)10(17)7-14-11-8(13)5-6-9(15-11)12(18)19/h5-6H,3-4,7,13H2,1-2H3,(H,14,15)(H,18,19). The third kappa shape index (κ3) is 3.84. The van der Waals surface area contributed by atoms with E-state index < -0.39 is 5.97 Å². The third-order valence-corrected chi connectivity index (χ3v) is 2.67. The van der Waals surface area contributed by atoms with E-state index in [1.165, 1.54) is 12.1 Å². The van der Waals surface area contributed by atoms with Crippen LogP contribution in [0.15, 0.2) is 12.1 Å². The van der Waals surface area contributed by atoms with Gasteiger partial charge in [-0.3, -0.25) is 4.79 Å². The Labute approximate surface area is 111 Å². The van der Waals surface area contributed by atoms with Crippen LogP contribution in [0.5, 0.6) is 0 Å². The lowest BCUT2D eigenvalue weighted by molar-refractivity contribution is -0.128. The van der Waals surface area contributed by atoms with Crippen molar-refractivity contribution < 1.29 is 14.7 Å². The van der Waals surface area contributed by atoms with Gasteiger partial charge in [0.2, 0.25) is 5.91 Å². The van der Waals surface area contributed by atoms with Crippen LogP contribution in [-0.2, 0) is 4.79 Å². The molecule has 0 saturated heterocycles. The van der Waals surface area contributed by atoms with E-state index in [4.69, 9.17) is 10.8 Å². The molecule has 7 nitrogen and oxygen atoms in total. The normalized spacial score (nSPS) is 10.0. The Kier molecular flexibility index (Phi) is 5.11. The smallest absolute Gasteiger partial charge is 0.354 e. The SMILES string of the molecule is CCN(CC)C(=O)CNc1nc(C(=O)O)ccc1N. The number of hydrogen-bond donors (Lipinski definition) is 3. The molecule has 1 aromatic heterocycles. The van der Waals surface area contributed by atoms with Gasteiger partial charge in [0.15, 0.2) is 11.5 Å². The van der Waals surface area contributed by atoms with Crippen molar-refractivity contribution in [3.05, 3.63) is 17.8 Å². The summed E-state index contributed by atoms with van der Waals surface area (Å²) in [4.78, 5) is 28.1. The summed E-state index contributed by atoms with van der Waals surface area (Å²) in [7, 11) is 0. The number of carboxylic acids is 1. The first kappa shape index (κ1) is 14.7. The van der Waals surface area contributed by atoms with E-state index >= 15 is 0 Å². The molecule has 104 valence electrons. The summed E-state index contributed by atoms with van der Waals surface area (Å²) in [6.07, 6.45) is 0. The van der Waals surface area contributed by atoms with E-state index in [0.29, 0.717) is 18.8 Å². The first-order valence-corrected chi connectivity index (χ1v) is 6.01. The lowest BCUT2D eigenvalue weighted by Gasteiger charge is -2.19. The fourth-order valence-corrected chi connectivity index (χ4v) is 1.58. The number of anilines is 2. The summed E-state index contributed by atoms with van der Waals surface area (Å²) in [6, 6.07) is 2.76. The van der Waals surface area contributed by atoms with Gasteiger partial charge in [0.05, 0.1) is 12.2 Å². The van der Waals surface area contributed by atoms with Crippen LogP contribution in [0.3, 0.4) is 0 Å². The Balaban J connectivity index is 2.74.